The van der Waals surface area contributed by atoms with Crippen molar-refractivity contribution in [3.63, 3.8) is 0 Å². The normalized spacial score (nSPS) is 17.6. The summed E-state index contributed by atoms with van der Waals surface area (Å²) in [5.41, 5.74) is 4.99. The first-order valence-electron chi connectivity index (χ1n) is 10.4. The van der Waals surface area contributed by atoms with E-state index >= 15 is 0 Å². The molecule has 0 radical (unpaired) electrons. The van der Waals surface area contributed by atoms with Gasteiger partial charge in [0.1, 0.15) is 18.2 Å². The van der Waals surface area contributed by atoms with Crippen molar-refractivity contribution in [1.82, 2.24) is 4.90 Å². The van der Waals surface area contributed by atoms with E-state index in [1.807, 2.05) is 0 Å². The minimum Gasteiger partial charge on any atom is -0.460 e. The lowest BCUT2D eigenvalue weighted by Gasteiger charge is -2.30. The predicted molar refractivity (Wildman–Crippen MR) is 115 cm³/mol. The molecular formula is C21H27N3O7S. The fraction of sp³-hybridized carbons (Fsp3) is 0.571. The molecule has 1 aliphatic heterocycles. The largest absolute Gasteiger partial charge is 0.460 e. The fourth-order valence-corrected chi connectivity index (χ4v) is 5.38. The lowest BCUT2D eigenvalue weighted by atomic mass is 9.73. The number of amides is 4. The molecule has 10 nitrogen and oxygen atoms in total. The number of hydrogen-bond acceptors (Lipinski definition) is 8. The molecule has 11 heteroatoms. The van der Waals surface area contributed by atoms with Crippen LogP contribution in [0.2, 0.25) is 0 Å². The summed E-state index contributed by atoms with van der Waals surface area (Å²) in [6, 6.07) is 0. The van der Waals surface area contributed by atoms with E-state index in [1.165, 1.54) is 14.0 Å². The van der Waals surface area contributed by atoms with Crippen LogP contribution in [0.1, 0.15) is 64.1 Å². The van der Waals surface area contributed by atoms with Crippen molar-refractivity contribution in [3.05, 3.63) is 16.0 Å². The summed E-state index contributed by atoms with van der Waals surface area (Å²) in [6.45, 7) is 1.24. The minimum absolute atomic E-state index is 0.0103. The van der Waals surface area contributed by atoms with Crippen molar-refractivity contribution in [2.45, 2.75) is 45.4 Å². The van der Waals surface area contributed by atoms with Gasteiger partial charge in [0.2, 0.25) is 17.7 Å². The summed E-state index contributed by atoms with van der Waals surface area (Å²) in [5, 5.41) is 2.63. The highest BCUT2D eigenvalue weighted by molar-refractivity contribution is 7.18. The maximum Gasteiger partial charge on any atom is 0.341 e. The van der Waals surface area contributed by atoms with Gasteiger partial charge in [0.05, 0.1) is 22.5 Å². The van der Waals surface area contributed by atoms with Gasteiger partial charge in [0.25, 0.3) is 5.91 Å². The van der Waals surface area contributed by atoms with E-state index in [2.05, 4.69) is 5.32 Å². The fourth-order valence-electron chi connectivity index (χ4n) is 4.32. The van der Waals surface area contributed by atoms with E-state index in [9.17, 15) is 24.0 Å². The number of primary amides is 1. The number of anilines is 1. The molecule has 174 valence electrons. The first-order valence-corrected chi connectivity index (χ1v) is 11.3. The molecule has 2 fully saturated rings. The summed E-state index contributed by atoms with van der Waals surface area (Å²) in [7, 11) is 1.46. The molecule has 4 amide bonds. The number of rotatable bonds is 8. The number of nitrogens with one attached hydrogen (secondary N) is 1. The highest BCUT2D eigenvalue weighted by Crippen LogP contribution is 2.45. The molecule has 0 atom stereocenters. The Morgan fingerprint density at radius 3 is 2.47 bits per heavy atom. The van der Waals surface area contributed by atoms with Crippen molar-refractivity contribution < 1.29 is 33.4 Å². The van der Waals surface area contributed by atoms with E-state index in [0.717, 1.165) is 35.5 Å². The zero-order chi connectivity index (χ0) is 23.5. The monoisotopic (exact) mass is 465 g/mol. The van der Waals surface area contributed by atoms with Gasteiger partial charge in [-0.05, 0) is 25.3 Å². The third kappa shape index (κ3) is 4.68. The number of thiophene rings is 1. The van der Waals surface area contributed by atoms with E-state index in [1.54, 1.807) is 0 Å². The molecule has 32 heavy (non-hydrogen) atoms. The van der Waals surface area contributed by atoms with Crippen LogP contribution in [0.5, 0.6) is 0 Å². The molecule has 3 N–H and O–H groups in total. The predicted octanol–water partition coefficient (Wildman–Crippen LogP) is 1.61. The van der Waals surface area contributed by atoms with Gasteiger partial charge in [0, 0.05) is 13.5 Å². The third-order valence-electron chi connectivity index (χ3n) is 5.95. The molecule has 1 spiro atoms. The Labute approximate surface area is 189 Å². The van der Waals surface area contributed by atoms with Gasteiger partial charge in [-0.15, -0.1) is 11.3 Å². The number of esters is 1. The van der Waals surface area contributed by atoms with Crippen LogP contribution < -0.4 is 11.1 Å². The molecule has 1 aromatic rings. The van der Waals surface area contributed by atoms with Crippen LogP contribution in [0, 0.1) is 12.3 Å². The number of carbonyl (C=O) groups is 5. The summed E-state index contributed by atoms with van der Waals surface area (Å²) >= 11 is 0.844. The second-order valence-electron chi connectivity index (χ2n) is 8.10. The molecule has 1 aromatic heterocycles. The first-order chi connectivity index (χ1) is 15.2. The minimum atomic E-state index is -0.747. The van der Waals surface area contributed by atoms with Crippen LogP contribution in [0.4, 0.5) is 5.00 Å². The van der Waals surface area contributed by atoms with Crippen molar-refractivity contribution in [2.24, 2.45) is 11.1 Å². The molecule has 1 aliphatic carbocycles. The number of likely N-dealkylation sites (tertiary alicyclic amines) is 1. The van der Waals surface area contributed by atoms with Crippen molar-refractivity contribution >= 4 is 45.9 Å². The van der Waals surface area contributed by atoms with Gasteiger partial charge < -0.3 is 20.5 Å². The second kappa shape index (κ2) is 9.78. The van der Waals surface area contributed by atoms with Crippen molar-refractivity contribution in [3.8, 4) is 0 Å². The Bertz CT molecular complexity index is 949. The number of ether oxygens (including phenoxy) is 2. The Morgan fingerprint density at radius 1 is 1.16 bits per heavy atom. The Kier molecular flexibility index (Phi) is 7.29. The molecule has 1 saturated heterocycles. The topological polar surface area (TPSA) is 145 Å². The quantitative estimate of drug-likeness (QED) is 0.337. The third-order valence-corrected chi connectivity index (χ3v) is 7.17. The Hall–Kier alpha value is -2.79. The standard InChI is InChI=1S/C21H27N3O7S/c1-12-15(19(28)31-9-8-30-2)18(32-16(12)17(22)27)23-13(25)11-24-14(26)10-21(20(24)29)6-4-3-5-7-21/h3-11H2,1-2H3,(H2,22,27)(H,23,25). The Morgan fingerprint density at radius 2 is 1.84 bits per heavy atom. The summed E-state index contributed by atoms with van der Waals surface area (Å²) < 4.78 is 9.98. The second-order valence-corrected chi connectivity index (χ2v) is 9.12. The number of nitrogens with zero attached hydrogens (tertiary/aromatic N) is 1. The summed E-state index contributed by atoms with van der Waals surface area (Å²) in [4.78, 5) is 63.5. The van der Waals surface area contributed by atoms with Crippen LogP contribution in [0.25, 0.3) is 0 Å². The average Bonchev–Trinajstić information content (AvgIpc) is 3.18. The van der Waals surface area contributed by atoms with Crippen molar-refractivity contribution in [2.75, 3.05) is 32.2 Å². The SMILES string of the molecule is COCCOC(=O)c1c(NC(=O)CN2C(=O)CC3(CCCCC3)C2=O)sc(C(N)=O)c1C. The molecule has 2 aliphatic rings. The molecular weight excluding hydrogens is 438 g/mol. The van der Waals surface area contributed by atoms with Gasteiger partial charge in [0.15, 0.2) is 0 Å². The molecule has 0 bridgehead atoms. The number of nitrogens with two attached hydrogens (primary N) is 1. The smallest absolute Gasteiger partial charge is 0.341 e. The van der Waals surface area contributed by atoms with Gasteiger partial charge in [-0.3, -0.25) is 24.1 Å². The molecule has 3 rings (SSSR count). The zero-order valence-corrected chi connectivity index (χ0v) is 19.0. The Balaban J connectivity index is 1.76. The first kappa shape index (κ1) is 23.9. The van der Waals surface area contributed by atoms with E-state index in [-0.39, 0.29) is 52.5 Å². The van der Waals surface area contributed by atoms with Crippen LogP contribution in [0.15, 0.2) is 0 Å². The maximum atomic E-state index is 12.9. The summed E-state index contributed by atoms with van der Waals surface area (Å²) in [5.74, 6) is -2.82. The van der Waals surface area contributed by atoms with Crippen LogP contribution in [-0.4, -0.2) is 61.4 Å². The number of hydrogen-bond donors (Lipinski definition) is 2. The average molecular weight is 466 g/mol. The molecule has 0 aromatic carbocycles. The van der Waals surface area contributed by atoms with Crippen LogP contribution in [0.3, 0.4) is 0 Å². The maximum absolute atomic E-state index is 12.9. The van der Waals surface area contributed by atoms with Gasteiger partial charge in [-0.2, -0.15) is 0 Å². The van der Waals surface area contributed by atoms with E-state index in [0.29, 0.717) is 12.8 Å². The highest BCUT2D eigenvalue weighted by Gasteiger charge is 2.51. The molecule has 1 saturated carbocycles. The van der Waals surface area contributed by atoms with Gasteiger partial charge in [-0.25, -0.2) is 4.79 Å². The molecule has 2 heterocycles. The number of imide groups is 1. The van der Waals surface area contributed by atoms with Gasteiger partial charge in [-0.1, -0.05) is 19.3 Å². The van der Waals surface area contributed by atoms with E-state index in [4.69, 9.17) is 15.2 Å². The lowest BCUT2D eigenvalue weighted by molar-refractivity contribution is -0.144. The van der Waals surface area contributed by atoms with E-state index < -0.39 is 29.7 Å². The van der Waals surface area contributed by atoms with Crippen LogP contribution in [-0.2, 0) is 23.9 Å². The van der Waals surface area contributed by atoms with Crippen molar-refractivity contribution in [1.29, 1.82) is 0 Å². The number of carbonyl (C=O) groups excluding carboxylic acids is 5. The summed E-state index contributed by atoms with van der Waals surface area (Å²) in [6.07, 6.45) is 4.24. The molecule has 0 unspecified atom stereocenters. The van der Waals surface area contributed by atoms with Crippen LogP contribution >= 0.6 is 11.3 Å². The highest BCUT2D eigenvalue weighted by atomic mass is 32.1. The number of methoxy groups -OCH3 is 1. The lowest BCUT2D eigenvalue weighted by Crippen LogP contribution is -2.41. The van der Waals surface area contributed by atoms with Gasteiger partial charge >= 0.3 is 5.97 Å². The zero-order valence-electron chi connectivity index (χ0n) is 18.2.